The first-order valence-corrected chi connectivity index (χ1v) is 7.98. The first-order chi connectivity index (χ1) is 9.96. The third-order valence-corrected chi connectivity index (χ3v) is 3.89. The summed E-state index contributed by atoms with van der Waals surface area (Å²) in [5.74, 6) is 4.99. The molecule has 1 rings (SSSR count). The van der Waals surface area contributed by atoms with Crippen LogP contribution in [0, 0.1) is 11.8 Å². The van der Waals surface area contributed by atoms with Crippen LogP contribution in [0.4, 0.5) is 5.69 Å². The highest BCUT2D eigenvalue weighted by atomic mass is 32.2. The van der Waals surface area contributed by atoms with Crippen molar-refractivity contribution in [2.75, 3.05) is 24.1 Å². The highest BCUT2D eigenvalue weighted by Gasteiger charge is 2.11. The van der Waals surface area contributed by atoms with E-state index >= 15 is 0 Å². The zero-order valence-electron chi connectivity index (χ0n) is 11.8. The number of esters is 1. The molecule has 0 aliphatic carbocycles. The van der Waals surface area contributed by atoms with Crippen LogP contribution >= 0.6 is 0 Å². The third kappa shape index (κ3) is 6.79. The lowest BCUT2D eigenvalue weighted by Gasteiger charge is -2.07. The van der Waals surface area contributed by atoms with Crippen molar-refractivity contribution in [1.82, 2.24) is 0 Å². The van der Waals surface area contributed by atoms with Crippen LogP contribution in [0.15, 0.2) is 24.3 Å². The lowest BCUT2D eigenvalue weighted by molar-refractivity contribution is -0.140. The number of anilines is 1. The molecule has 6 nitrogen and oxygen atoms in total. The van der Waals surface area contributed by atoms with Crippen LogP contribution in [-0.4, -0.2) is 33.8 Å². The van der Waals surface area contributed by atoms with Gasteiger partial charge in [0.25, 0.3) is 0 Å². The van der Waals surface area contributed by atoms with Gasteiger partial charge < -0.3 is 10.5 Å². The molecule has 0 bridgehead atoms. The predicted molar refractivity (Wildman–Crippen MR) is 81.0 cm³/mol. The number of hydrogen-bond donors (Lipinski definition) is 2. The van der Waals surface area contributed by atoms with E-state index in [-0.39, 0.29) is 25.1 Å². The fourth-order valence-electron chi connectivity index (χ4n) is 1.51. The molecule has 0 fully saturated rings. The minimum atomic E-state index is -3.48. The van der Waals surface area contributed by atoms with E-state index in [0.29, 0.717) is 5.69 Å². The smallest absolute Gasteiger partial charge is 0.305 e. The Balaban J connectivity index is 2.56. The Morgan fingerprint density at radius 1 is 1.33 bits per heavy atom. The van der Waals surface area contributed by atoms with Gasteiger partial charge in [-0.3, -0.25) is 9.52 Å². The van der Waals surface area contributed by atoms with E-state index in [1.165, 1.54) is 7.11 Å². The summed E-state index contributed by atoms with van der Waals surface area (Å²) < 4.78 is 30.5. The van der Waals surface area contributed by atoms with Crippen molar-refractivity contribution < 1.29 is 17.9 Å². The van der Waals surface area contributed by atoms with Gasteiger partial charge in [0.1, 0.15) is 0 Å². The maximum Gasteiger partial charge on any atom is 0.305 e. The molecule has 114 valence electrons. The van der Waals surface area contributed by atoms with Crippen molar-refractivity contribution in [3.8, 4) is 11.8 Å². The van der Waals surface area contributed by atoms with E-state index in [1.54, 1.807) is 24.3 Å². The normalized spacial score (nSPS) is 10.4. The number of hydrogen-bond acceptors (Lipinski definition) is 5. The molecule has 3 N–H and O–H groups in total. The van der Waals surface area contributed by atoms with Crippen LogP contribution < -0.4 is 10.5 Å². The summed E-state index contributed by atoms with van der Waals surface area (Å²) >= 11 is 0. The molecule has 0 saturated heterocycles. The molecule has 0 heterocycles. The molecule has 0 saturated carbocycles. The Bertz CT molecular complexity index is 627. The number of rotatable bonds is 6. The molecule has 0 aliphatic rings. The lowest BCUT2D eigenvalue weighted by atomic mass is 10.2. The average molecular weight is 310 g/mol. The molecular formula is C14H18N2O4S. The van der Waals surface area contributed by atoms with Crippen LogP contribution in [0.2, 0.25) is 0 Å². The molecular weight excluding hydrogens is 292 g/mol. The predicted octanol–water partition coefficient (Wildman–Crippen LogP) is 0.692. The number of nitrogens with one attached hydrogen (secondary N) is 1. The minimum Gasteiger partial charge on any atom is -0.469 e. The molecule has 0 amide bonds. The number of ether oxygens (including phenoxy) is 1. The Labute approximate surface area is 124 Å². The summed E-state index contributed by atoms with van der Waals surface area (Å²) in [5.41, 5.74) is 6.48. The van der Waals surface area contributed by atoms with Crippen LogP contribution in [0.25, 0.3) is 0 Å². The van der Waals surface area contributed by atoms with Gasteiger partial charge in [-0.1, -0.05) is 11.8 Å². The number of sulfonamides is 1. The molecule has 1 aromatic rings. The van der Waals surface area contributed by atoms with Crippen molar-refractivity contribution in [3.05, 3.63) is 29.8 Å². The maximum atomic E-state index is 11.8. The summed E-state index contributed by atoms with van der Waals surface area (Å²) in [7, 11) is -2.21. The molecule has 0 radical (unpaired) electrons. The largest absolute Gasteiger partial charge is 0.469 e. The molecule has 1 aromatic carbocycles. The molecule has 0 atom stereocenters. The number of nitrogens with two attached hydrogens (primary N) is 1. The fraction of sp³-hybridized carbons (Fsp3) is 0.357. The standard InChI is InChI=1S/C14H18N2O4S/c1-20-14(17)5-3-11-21(18,19)16-13-8-6-12(7-9-13)4-2-10-15/h6-9,16H,3,5,10-11,15H2,1H3. The van der Waals surface area contributed by atoms with Gasteiger partial charge in [0, 0.05) is 17.7 Å². The minimum absolute atomic E-state index is 0.0744. The Kier molecular flexibility index (Phi) is 6.72. The van der Waals surface area contributed by atoms with E-state index in [4.69, 9.17) is 5.73 Å². The monoisotopic (exact) mass is 310 g/mol. The van der Waals surface area contributed by atoms with Gasteiger partial charge in [0.2, 0.25) is 10.0 Å². The zero-order chi connectivity index (χ0) is 15.7. The zero-order valence-corrected chi connectivity index (χ0v) is 12.6. The molecule has 21 heavy (non-hydrogen) atoms. The van der Waals surface area contributed by atoms with E-state index in [0.717, 1.165) is 5.56 Å². The molecule has 0 aromatic heterocycles. The summed E-state index contributed by atoms with van der Waals surface area (Å²) in [6, 6.07) is 6.65. The second-order valence-corrected chi connectivity index (χ2v) is 6.03. The van der Waals surface area contributed by atoms with Crippen LogP contribution in [0.1, 0.15) is 18.4 Å². The van der Waals surface area contributed by atoms with Crippen LogP contribution in [-0.2, 0) is 19.6 Å². The maximum absolute atomic E-state index is 11.8. The number of methoxy groups -OCH3 is 1. The highest BCUT2D eigenvalue weighted by Crippen LogP contribution is 2.11. The van der Waals surface area contributed by atoms with Crippen molar-refractivity contribution in [1.29, 1.82) is 0 Å². The Morgan fingerprint density at radius 2 is 2.00 bits per heavy atom. The van der Waals surface area contributed by atoms with E-state index < -0.39 is 16.0 Å². The number of carbonyl (C=O) groups excluding carboxylic acids is 1. The van der Waals surface area contributed by atoms with Gasteiger partial charge >= 0.3 is 5.97 Å². The molecule has 0 spiro atoms. The Morgan fingerprint density at radius 3 is 2.57 bits per heavy atom. The quantitative estimate of drug-likeness (QED) is 0.595. The third-order valence-electron chi connectivity index (χ3n) is 2.51. The second kappa shape index (κ2) is 8.29. The highest BCUT2D eigenvalue weighted by molar-refractivity contribution is 7.92. The van der Waals surface area contributed by atoms with Crippen molar-refractivity contribution in [2.24, 2.45) is 5.73 Å². The number of carbonyl (C=O) groups is 1. The Hall–Kier alpha value is -2.04. The van der Waals surface area contributed by atoms with Crippen molar-refractivity contribution in [3.63, 3.8) is 0 Å². The second-order valence-electron chi connectivity index (χ2n) is 4.18. The van der Waals surface area contributed by atoms with Gasteiger partial charge in [-0.25, -0.2) is 8.42 Å². The van der Waals surface area contributed by atoms with Gasteiger partial charge in [0.05, 0.1) is 19.4 Å². The van der Waals surface area contributed by atoms with E-state index in [9.17, 15) is 13.2 Å². The van der Waals surface area contributed by atoms with Gasteiger partial charge in [0.15, 0.2) is 0 Å². The first kappa shape index (κ1) is 17.0. The molecule has 7 heteroatoms. The molecule has 0 aliphatic heterocycles. The molecule has 0 unspecified atom stereocenters. The van der Waals surface area contributed by atoms with Crippen LogP contribution in [0.3, 0.4) is 0 Å². The first-order valence-electron chi connectivity index (χ1n) is 6.33. The van der Waals surface area contributed by atoms with Crippen molar-refractivity contribution >= 4 is 21.7 Å². The van der Waals surface area contributed by atoms with Gasteiger partial charge in [-0.2, -0.15) is 0 Å². The fourth-order valence-corrected chi connectivity index (χ4v) is 2.64. The summed E-state index contributed by atoms with van der Waals surface area (Å²) in [5, 5.41) is 0. The van der Waals surface area contributed by atoms with Gasteiger partial charge in [-0.15, -0.1) is 0 Å². The topological polar surface area (TPSA) is 98.5 Å². The van der Waals surface area contributed by atoms with Gasteiger partial charge in [-0.05, 0) is 30.7 Å². The summed E-state index contributed by atoms with van der Waals surface area (Å²) in [6.07, 6.45) is 0.285. The lowest BCUT2D eigenvalue weighted by Crippen LogP contribution is -2.17. The SMILES string of the molecule is COC(=O)CCCS(=O)(=O)Nc1ccc(C#CCN)cc1. The number of benzene rings is 1. The van der Waals surface area contributed by atoms with Crippen molar-refractivity contribution in [2.45, 2.75) is 12.8 Å². The van der Waals surface area contributed by atoms with Crippen LogP contribution in [0.5, 0.6) is 0 Å². The summed E-state index contributed by atoms with van der Waals surface area (Å²) in [6.45, 7) is 0.272. The summed E-state index contributed by atoms with van der Waals surface area (Å²) in [4.78, 5) is 10.9. The van der Waals surface area contributed by atoms with E-state index in [2.05, 4.69) is 21.3 Å². The average Bonchev–Trinajstić information content (AvgIpc) is 2.45. The van der Waals surface area contributed by atoms with E-state index in [1.807, 2.05) is 0 Å².